The molecule has 0 radical (unpaired) electrons. The maximum atomic E-state index is 13.1. The van der Waals surface area contributed by atoms with Gasteiger partial charge in [0.2, 0.25) is 17.7 Å². The number of nitrogens with zero attached hydrogens (tertiary/aromatic N) is 4. The number of rotatable bonds is 10. The fraction of sp³-hybridized carbons (Fsp3) is 0.318. The van der Waals surface area contributed by atoms with Crippen molar-refractivity contribution in [2.45, 2.75) is 85.4 Å². The average Bonchev–Trinajstić information content (AvgIpc) is 3.64. The summed E-state index contributed by atoms with van der Waals surface area (Å²) in [6, 6.07) is 17.9. The average molecular weight is 777 g/mol. The van der Waals surface area contributed by atoms with E-state index in [2.05, 4.69) is 30.7 Å². The third-order valence-corrected chi connectivity index (χ3v) is 10.1. The van der Waals surface area contributed by atoms with Gasteiger partial charge in [-0.1, -0.05) is 35.4 Å². The first kappa shape index (κ1) is 43.4. The summed E-state index contributed by atoms with van der Waals surface area (Å²) in [7, 11) is 0. The number of hydrazine groups is 1. The lowest BCUT2D eigenvalue weighted by atomic mass is 9.83. The highest BCUT2D eigenvalue weighted by Gasteiger charge is 2.35. The summed E-state index contributed by atoms with van der Waals surface area (Å²) in [5.74, 6) is -2.66. The lowest BCUT2D eigenvalue weighted by Crippen LogP contribution is -2.50. The van der Waals surface area contributed by atoms with Crippen molar-refractivity contribution in [2.24, 2.45) is 5.92 Å². The van der Waals surface area contributed by atoms with E-state index in [1.54, 1.807) is 44.2 Å². The van der Waals surface area contributed by atoms with Crippen LogP contribution in [0.5, 0.6) is 0 Å². The normalized spacial score (nSPS) is 12.3. The van der Waals surface area contributed by atoms with E-state index in [-0.39, 0.29) is 23.7 Å². The number of halogens is 2. The molecule has 0 bridgehead atoms. The molecule has 0 spiro atoms. The standard InChI is InChI=1S/C22H24FN3O3.C22H22FN3O2/c1-13-14(2)19(24-5)11-8-16(13)12-18(22(3,4)29)21(28)26-25-20(27)15-6-9-17(23)10-7-15;1-13-14(2)19(24-5)11-8-16(13)12-18(22(3,4)27)21-26-25-20(28-21)15-6-9-17(23)10-7-15/h6-11,18,29H,12H2,1-4H3,(H,25,27)(H,26,28);6-11,18,27H,12H2,1-4H3/t2*18-/m00/s1. The van der Waals surface area contributed by atoms with E-state index < -0.39 is 40.7 Å². The van der Waals surface area contributed by atoms with Crippen molar-refractivity contribution in [2.75, 3.05) is 0 Å². The molecule has 296 valence electrons. The lowest BCUT2D eigenvalue weighted by Gasteiger charge is -2.29. The van der Waals surface area contributed by atoms with Gasteiger partial charge in [-0.25, -0.2) is 18.5 Å². The van der Waals surface area contributed by atoms with Crippen molar-refractivity contribution in [1.29, 1.82) is 0 Å². The maximum Gasteiger partial charge on any atom is 0.269 e. The molecule has 57 heavy (non-hydrogen) atoms. The number of nitrogens with one attached hydrogen (secondary N) is 2. The van der Waals surface area contributed by atoms with Crippen molar-refractivity contribution >= 4 is 23.2 Å². The van der Waals surface area contributed by atoms with Gasteiger partial charge in [0.25, 0.3) is 5.91 Å². The molecule has 1 heterocycles. The Hall–Kier alpha value is -6.28. The fourth-order valence-electron chi connectivity index (χ4n) is 6.12. The predicted molar refractivity (Wildman–Crippen MR) is 212 cm³/mol. The molecule has 4 aromatic carbocycles. The Morgan fingerprint density at radius 1 is 0.702 bits per heavy atom. The Morgan fingerprint density at radius 2 is 1.19 bits per heavy atom. The van der Waals surface area contributed by atoms with Crippen LogP contribution < -0.4 is 10.9 Å². The van der Waals surface area contributed by atoms with Crippen molar-refractivity contribution in [3.8, 4) is 11.5 Å². The van der Waals surface area contributed by atoms with E-state index >= 15 is 0 Å². The summed E-state index contributed by atoms with van der Waals surface area (Å²) in [6.45, 7) is 28.5. The van der Waals surface area contributed by atoms with Gasteiger partial charge in [0.1, 0.15) is 11.6 Å². The molecule has 0 aliphatic heterocycles. The van der Waals surface area contributed by atoms with E-state index in [1.807, 2.05) is 33.8 Å². The van der Waals surface area contributed by atoms with Crippen LogP contribution in [0.3, 0.4) is 0 Å². The van der Waals surface area contributed by atoms with Gasteiger partial charge in [-0.15, -0.1) is 10.2 Å². The van der Waals surface area contributed by atoms with Gasteiger partial charge in [0.05, 0.1) is 36.2 Å². The number of aliphatic hydroxyl groups is 2. The zero-order chi connectivity index (χ0) is 42.2. The second kappa shape index (κ2) is 18.1. The third-order valence-electron chi connectivity index (χ3n) is 10.1. The molecule has 0 unspecified atom stereocenters. The Balaban J connectivity index is 0.000000253. The van der Waals surface area contributed by atoms with Crippen molar-refractivity contribution in [3.05, 3.63) is 152 Å². The molecule has 5 aromatic rings. The molecule has 0 saturated carbocycles. The molecule has 0 aliphatic rings. The first-order valence-corrected chi connectivity index (χ1v) is 18.1. The summed E-state index contributed by atoms with van der Waals surface area (Å²) < 4.78 is 31.9. The summed E-state index contributed by atoms with van der Waals surface area (Å²) in [5, 5.41) is 29.5. The lowest BCUT2D eigenvalue weighted by molar-refractivity contribution is -0.133. The van der Waals surface area contributed by atoms with Gasteiger partial charge in [-0.2, -0.15) is 0 Å². The monoisotopic (exact) mass is 776 g/mol. The molecular weight excluding hydrogens is 731 g/mol. The molecule has 0 aliphatic carbocycles. The second-order valence-electron chi connectivity index (χ2n) is 14.9. The van der Waals surface area contributed by atoms with Crippen LogP contribution in [0.4, 0.5) is 20.2 Å². The zero-order valence-electron chi connectivity index (χ0n) is 33.2. The molecule has 11 nitrogen and oxygen atoms in total. The van der Waals surface area contributed by atoms with Crippen LogP contribution in [0.2, 0.25) is 0 Å². The summed E-state index contributed by atoms with van der Waals surface area (Å²) in [6.07, 6.45) is 0.714. The highest BCUT2D eigenvalue weighted by Crippen LogP contribution is 2.35. The molecular formula is C44H46F2N6O5. The van der Waals surface area contributed by atoms with E-state index in [1.165, 1.54) is 38.1 Å². The third kappa shape index (κ3) is 10.9. The fourth-order valence-corrected chi connectivity index (χ4v) is 6.12. The first-order chi connectivity index (χ1) is 26.7. The Kier molecular flexibility index (Phi) is 13.8. The molecule has 0 saturated heterocycles. The highest BCUT2D eigenvalue weighted by molar-refractivity contribution is 5.95. The van der Waals surface area contributed by atoms with Crippen LogP contribution in [-0.4, -0.2) is 43.4 Å². The molecule has 5 rings (SSSR count). The Labute approximate surface area is 331 Å². The molecule has 2 atom stereocenters. The predicted octanol–water partition coefficient (Wildman–Crippen LogP) is 8.52. The largest absolute Gasteiger partial charge is 0.420 e. The summed E-state index contributed by atoms with van der Waals surface area (Å²) in [4.78, 5) is 31.8. The number of aromatic nitrogens is 2. The number of carbonyl (C=O) groups is 2. The molecule has 2 amide bonds. The number of amides is 2. The number of hydrogen-bond acceptors (Lipinski definition) is 7. The zero-order valence-corrected chi connectivity index (χ0v) is 33.2. The van der Waals surface area contributed by atoms with Crippen LogP contribution in [-0.2, 0) is 17.6 Å². The van der Waals surface area contributed by atoms with Gasteiger partial charge < -0.3 is 14.6 Å². The van der Waals surface area contributed by atoms with E-state index in [9.17, 15) is 28.6 Å². The number of carbonyl (C=O) groups excluding carboxylic acids is 2. The number of hydrogen-bond donors (Lipinski definition) is 4. The minimum atomic E-state index is -1.36. The smallest absolute Gasteiger partial charge is 0.269 e. The van der Waals surface area contributed by atoms with Crippen molar-refractivity contribution < 1.29 is 33.0 Å². The van der Waals surface area contributed by atoms with Crippen LogP contribution in [0.25, 0.3) is 21.1 Å². The minimum Gasteiger partial charge on any atom is -0.420 e. The van der Waals surface area contributed by atoms with E-state index in [0.29, 0.717) is 29.2 Å². The van der Waals surface area contributed by atoms with Crippen LogP contribution in [0.15, 0.2) is 77.2 Å². The summed E-state index contributed by atoms with van der Waals surface area (Å²) >= 11 is 0. The van der Waals surface area contributed by atoms with Crippen LogP contribution in [0, 0.1) is 58.4 Å². The SMILES string of the molecule is [C-]#[N+]c1ccc(C[C@@H](C(=O)NNC(=O)c2ccc(F)cc2)C(C)(C)O)c(C)c1C.[C-]#[N+]c1ccc(C[C@@H](c2nnc(-c3ccc(F)cc3)o2)C(C)(C)O)c(C)c1C. The molecule has 13 heteroatoms. The molecule has 1 aromatic heterocycles. The first-order valence-electron chi connectivity index (χ1n) is 18.1. The van der Waals surface area contributed by atoms with Crippen LogP contribution >= 0.6 is 0 Å². The Bertz CT molecular complexity index is 2310. The highest BCUT2D eigenvalue weighted by atomic mass is 19.1. The molecule has 4 N–H and O–H groups in total. The topological polar surface area (TPSA) is 146 Å². The van der Waals surface area contributed by atoms with Crippen LogP contribution in [0.1, 0.15) is 83.2 Å². The van der Waals surface area contributed by atoms with Gasteiger partial charge in [0.15, 0.2) is 11.4 Å². The van der Waals surface area contributed by atoms with Gasteiger partial charge in [0, 0.05) is 11.1 Å². The van der Waals surface area contributed by atoms with Crippen molar-refractivity contribution in [1.82, 2.24) is 21.0 Å². The van der Waals surface area contributed by atoms with E-state index in [4.69, 9.17) is 17.6 Å². The summed E-state index contributed by atoms with van der Waals surface area (Å²) in [5.41, 5.74) is 9.64. The van der Waals surface area contributed by atoms with Gasteiger partial charge in [-0.3, -0.25) is 20.4 Å². The van der Waals surface area contributed by atoms with E-state index in [0.717, 1.165) is 45.5 Å². The quantitative estimate of drug-likeness (QED) is 0.0822. The maximum absolute atomic E-state index is 13.1. The van der Waals surface area contributed by atoms with Gasteiger partial charge >= 0.3 is 0 Å². The number of benzene rings is 4. The van der Waals surface area contributed by atoms with Gasteiger partial charge in [-0.05, 0) is 139 Å². The Morgan fingerprint density at radius 3 is 1.67 bits per heavy atom. The minimum absolute atomic E-state index is 0.188. The molecule has 0 fully saturated rings. The van der Waals surface area contributed by atoms with Crippen molar-refractivity contribution in [3.63, 3.8) is 0 Å². The second-order valence-corrected chi connectivity index (χ2v) is 14.9.